The quantitative estimate of drug-likeness (QED) is 0.764. The molecule has 0 saturated heterocycles. The van der Waals surface area contributed by atoms with Crippen molar-refractivity contribution in [3.05, 3.63) is 58.6 Å². The van der Waals surface area contributed by atoms with Crippen molar-refractivity contribution in [1.29, 1.82) is 0 Å². The fourth-order valence-corrected chi connectivity index (χ4v) is 2.37. The Bertz CT molecular complexity index is 671. The van der Waals surface area contributed by atoms with Crippen LogP contribution in [0.1, 0.15) is 26.3 Å². The highest BCUT2D eigenvalue weighted by atomic mass is 79.9. The molecule has 5 heteroatoms. The van der Waals surface area contributed by atoms with Gasteiger partial charge in [-0.1, -0.05) is 28.1 Å². The molecule has 1 amide bonds. The highest BCUT2D eigenvalue weighted by Crippen LogP contribution is 2.18. The van der Waals surface area contributed by atoms with E-state index in [2.05, 4.69) is 21.2 Å². The molecule has 0 aliphatic rings. The summed E-state index contributed by atoms with van der Waals surface area (Å²) in [6, 6.07) is 15.1. The lowest BCUT2D eigenvalue weighted by atomic mass is 10.2. The number of amides is 1. The number of benzene rings is 2. The molecule has 0 saturated carbocycles. The predicted octanol–water partition coefficient (Wildman–Crippen LogP) is 4.32. The molecule has 4 nitrogen and oxygen atoms in total. The number of ether oxygens (including phenoxy) is 2. The lowest BCUT2D eigenvalue weighted by Gasteiger charge is -2.15. The number of hydrogen-bond donors (Lipinski definition) is 1. The zero-order chi connectivity index (χ0) is 17.5. The lowest BCUT2D eigenvalue weighted by Crippen LogP contribution is -2.35. The van der Waals surface area contributed by atoms with Crippen molar-refractivity contribution in [1.82, 2.24) is 5.32 Å². The number of rotatable bonds is 7. The third-order valence-electron chi connectivity index (χ3n) is 3.23. The monoisotopic (exact) mass is 391 g/mol. The van der Waals surface area contributed by atoms with Crippen LogP contribution in [0.5, 0.6) is 11.5 Å². The van der Waals surface area contributed by atoms with Crippen molar-refractivity contribution < 1.29 is 14.3 Å². The van der Waals surface area contributed by atoms with E-state index in [4.69, 9.17) is 9.47 Å². The molecule has 0 bridgehead atoms. The van der Waals surface area contributed by atoms with Gasteiger partial charge < -0.3 is 14.8 Å². The van der Waals surface area contributed by atoms with E-state index in [1.165, 1.54) is 0 Å². The maximum absolute atomic E-state index is 12.2. The summed E-state index contributed by atoms with van der Waals surface area (Å²) in [5.41, 5.74) is 0.984. The highest BCUT2D eigenvalue weighted by molar-refractivity contribution is 9.10. The summed E-state index contributed by atoms with van der Waals surface area (Å²) in [7, 11) is 0. The highest BCUT2D eigenvalue weighted by Gasteiger charge is 2.14. The number of carbonyl (C=O) groups excluding carboxylic acids is 1. The molecule has 0 aliphatic heterocycles. The summed E-state index contributed by atoms with van der Waals surface area (Å²) >= 11 is 3.37. The van der Waals surface area contributed by atoms with E-state index in [1.54, 1.807) is 6.92 Å². The Morgan fingerprint density at radius 1 is 1.04 bits per heavy atom. The number of hydrogen-bond acceptors (Lipinski definition) is 3. The molecule has 128 valence electrons. The van der Waals surface area contributed by atoms with E-state index in [0.29, 0.717) is 12.3 Å². The van der Waals surface area contributed by atoms with Crippen molar-refractivity contribution >= 4 is 21.8 Å². The van der Waals surface area contributed by atoms with Gasteiger partial charge in [0.2, 0.25) is 0 Å². The van der Waals surface area contributed by atoms with Crippen LogP contribution in [0, 0.1) is 0 Å². The summed E-state index contributed by atoms with van der Waals surface area (Å²) < 4.78 is 12.3. The molecule has 2 rings (SSSR count). The second kappa shape index (κ2) is 8.73. The molecule has 1 atom stereocenters. The largest absolute Gasteiger partial charge is 0.491 e. The molecule has 0 aliphatic carbocycles. The van der Waals surface area contributed by atoms with Gasteiger partial charge in [-0.05, 0) is 62.7 Å². The minimum absolute atomic E-state index is 0.120. The molecular formula is C19H22BrNO3. The minimum atomic E-state index is -0.568. The van der Waals surface area contributed by atoms with Crippen molar-refractivity contribution in [3.8, 4) is 11.5 Å². The summed E-state index contributed by atoms with van der Waals surface area (Å²) in [5, 5.41) is 2.88. The molecule has 0 unspecified atom stereocenters. The Morgan fingerprint density at radius 3 is 2.42 bits per heavy atom. The van der Waals surface area contributed by atoms with Crippen LogP contribution in [0.4, 0.5) is 0 Å². The first-order valence-corrected chi connectivity index (χ1v) is 8.69. The molecule has 0 radical (unpaired) electrons. The van der Waals surface area contributed by atoms with Crippen molar-refractivity contribution in [2.45, 2.75) is 39.5 Å². The maximum Gasteiger partial charge on any atom is 0.261 e. The number of halogens is 1. The van der Waals surface area contributed by atoms with Gasteiger partial charge in [0.05, 0.1) is 6.10 Å². The van der Waals surface area contributed by atoms with Gasteiger partial charge in [0.1, 0.15) is 11.5 Å². The van der Waals surface area contributed by atoms with Crippen LogP contribution < -0.4 is 14.8 Å². The molecule has 0 aromatic heterocycles. The SMILES string of the molecule is CC(C)Oc1cccc(CNC(=O)[C@@H](C)Oc2ccc(Br)cc2)c1. The van der Waals surface area contributed by atoms with Crippen LogP contribution in [0.2, 0.25) is 0 Å². The van der Waals surface area contributed by atoms with Gasteiger partial charge in [0.25, 0.3) is 5.91 Å². The van der Waals surface area contributed by atoms with Gasteiger partial charge in [0, 0.05) is 11.0 Å². The van der Waals surface area contributed by atoms with Crippen LogP contribution >= 0.6 is 15.9 Å². The number of nitrogens with one attached hydrogen (secondary N) is 1. The first-order valence-electron chi connectivity index (χ1n) is 7.89. The zero-order valence-corrected chi connectivity index (χ0v) is 15.7. The van der Waals surface area contributed by atoms with E-state index >= 15 is 0 Å². The molecule has 0 fully saturated rings. The van der Waals surface area contributed by atoms with Gasteiger partial charge in [-0.25, -0.2) is 0 Å². The summed E-state index contributed by atoms with van der Waals surface area (Å²) in [6.07, 6.45) is -0.449. The van der Waals surface area contributed by atoms with Crippen LogP contribution in [0.15, 0.2) is 53.0 Å². The minimum Gasteiger partial charge on any atom is -0.491 e. The van der Waals surface area contributed by atoms with Crippen molar-refractivity contribution in [3.63, 3.8) is 0 Å². The molecular weight excluding hydrogens is 370 g/mol. The fourth-order valence-electron chi connectivity index (χ4n) is 2.10. The molecule has 1 N–H and O–H groups in total. The Hall–Kier alpha value is -2.01. The van der Waals surface area contributed by atoms with Crippen molar-refractivity contribution in [2.24, 2.45) is 0 Å². The second-order valence-electron chi connectivity index (χ2n) is 5.75. The molecule has 0 spiro atoms. The van der Waals surface area contributed by atoms with E-state index in [0.717, 1.165) is 15.8 Å². The number of carbonyl (C=O) groups is 1. The Balaban J connectivity index is 1.86. The Morgan fingerprint density at radius 2 is 1.75 bits per heavy atom. The van der Waals surface area contributed by atoms with Gasteiger partial charge in [0.15, 0.2) is 6.10 Å². The maximum atomic E-state index is 12.2. The van der Waals surface area contributed by atoms with Gasteiger partial charge in [-0.3, -0.25) is 4.79 Å². The van der Waals surface area contributed by atoms with E-state index in [9.17, 15) is 4.79 Å². The van der Waals surface area contributed by atoms with Crippen LogP contribution in [-0.4, -0.2) is 18.1 Å². The zero-order valence-electron chi connectivity index (χ0n) is 14.1. The second-order valence-corrected chi connectivity index (χ2v) is 6.66. The summed E-state index contributed by atoms with van der Waals surface area (Å²) in [4.78, 5) is 12.2. The fraction of sp³-hybridized carbons (Fsp3) is 0.316. The average Bonchev–Trinajstić information content (AvgIpc) is 2.54. The Kier molecular flexibility index (Phi) is 6.67. The molecule has 24 heavy (non-hydrogen) atoms. The topological polar surface area (TPSA) is 47.6 Å². The first kappa shape index (κ1) is 18.3. The predicted molar refractivity (Wildman–Crippen MR) is 98.3 cm³/mol. The van der Waals surface area contributed by atoms with E-state index < -0.39 is 6.10 Å². The lowest BCUT2D eigenvalue weighted by molar-refractivity contribution is -0.127. The first-order chi connectivity index (χ1) is 11.4. The van der Waals surface area contributed by atoms with Gasteiger partial charge in [-0.15, -0.1) is 0 Å². The van der Waals surface area contributed by atoms with E-state index in [-0.39, 0.29) is 12.0 Å². The van der Waals surface area contributed by atoms with Crippen LogP contribution in [0.3, 0.4) is 0 Å². The normalized spacial score (nSPS) is 11.9. The molecule has 0 heterocycles. The third-order valence-corrected chi connectivity index (χ3v) is 3.76. The standard InChI is InChI=1S/C19H22BrNO3/c1-13(2)23-18-6-4-5-15(11-18)12-21-19(22)14(3)24-17-9-7-16(20)8-10-17/h4-11,13-14H,12H2,1-3H3,(H,21,22)/t14-/m1/s1. The summed E-state index contributed by atoms with van der Waals surface area (Å²) in [6.45, 7) is 6.13. The molecule has 2 aromatic rings. The van der Waals surface area contributed by atoms with Gasteiger partial charge >= 0.3 is 0 Å². The molecule has 2 aromatic carbocycles. The summed E-state index contributed by atoms with van der Waals surface area (Å²) in [5.74, 6) is 1.30. The van der Waals surface area contributed by atoms with Crippen molar-refractivity contribution in [2.75, 3.05) is 0 Å². The van der Waals surface area contributed by atoms with Gasteiger partial charge in [-0.2, -0.15) is 0 Å². The van der Waals surface area contributed by atoms with Crippen LogP contribution in [-0.2, 0) is 11.3 Å². The third kappa shape index (κ3) is 5.89. The smallest absolute Gasteiger partial charge is 0.261 e. The average molecular weight is 392 g/mol. The Labute approximate surface area is 151 Å². The van der Waals surface area contributed by atoms with Crippen LogP contribution in [0.25, 0.3) is 0 Å². The van der Waals surface area contributed by atoms with E-state index in [1.807, 2.05) is 62.4 Å².